The number of carbonyl (C=O) groups excluding carboxylic acids is 2. The summed E-state index contributed by atoms with van der Waals surface area (Å²) in [5.74, 6) is 1.16. The highest BCUT2D eigenvalue weighted by atomic mass is 32.1. The summed E-state index contributed by atoms with van der Waals surface area (Å²) in [4.78, 5) is 30.5. The van der Waals surface area contributed by atoms with Crippen LogP contribution in [0.5, 0.6) is 5.75 Å². The van der Waals surface area contributed by atoms with E-state index < -0.39 is 5.54 Å². The summed E-state index contributed by atoms with van der Waals surface area (Å²) in [5, 5.41) is 5.11. The average Bonchev–Trinajstić information content (AvgIpc) is 3.41. The predicted octanol–water partition coefficient (Wildman–Crippen LogP) is 2.07. The molecule has 29 heavy (non-hydrogen) atoms. The van der Waals surface area contributed by atoms with Gasteiger partial charge in [0.05, 0.1) is 13.7 Å². The molecule has 1 saturated heterocycles. The Morgan fingerprint density at radius 2 is 2.14 bits per heavy atom. The number of hydrogen-bond acceptors (Lipinski definition) is 4. The van der Waals surface area contributed by atoms with Crippen LogP contribution in [0.3, 0.4) is 0 Å². The number of hydrogen-bond donors (Lipinski definition) is 2. The molecule has 1 aliphatic carbocycles. The monoisotopic (exact) mass is 412 g/mol. The van der Waals surface area contributed by atoms with E-state index in [0.29, 0.717) is 24.4 Å². The molecule has 1 aromatic heterocycles. The highest BCUT2D eigenvalue weighted by molar-refractivity contribution is 7.10. The fourth-order valence-corrected chi connectivity index (χ4v) is 5.78. The number of nitrogens with zero attached hydrogens (tertiary/aromatic N) is 1. The van der Waals surface area contributed by atoms with Crippen LogP contribution in [0.15, 0.2) is 35.7 Å². The van der Waals surface area contributed by atoms with Crippen LogP contribution in [-0.2, 0) is 16.8 Å². The second kappa shape index (κ2) is 6.85. The number of imide groups is 1. The van der Waals surface area contributed by atoms with Crippen LogP contribution in [0.1, 0.15) is 41.8 Å². The molecule has 152 valence electrons. The average molecular weight is 413 g/mol. The van der Waals surface area contributed by atoms with Crippen molar-refractivity contribution in [2.75, 3.05) is 20.3 Å². The summed E-state index contributed by atoms with van der Waals surface area (Å²) in [6.45, 7) is 3.16. The molecule has 2 aliphatic heterocycles. The smallest absolute Gasteiger partial charge is 0.329 e. The molecule has 1 aromatic carbocycles. The van der Waals surface area contributed by atoms with Gasteiger partial charge < -0.3 is 15.0 Å². The number of amides is 3. The van der Waals surface area contributed by atoms with Gasteiger partial charge in [-0.2, -0.15) is 0 Å². The Bertz CT molecular complexity index is 970. The van der Waals surface area contributed by atoms with Crippen molar-refractivity contribution < 1.29 is 19.2 Å². The van der Waals surface area contributed by atoms with E-state index in [4.69, 9.17) is 4.74 Å². The SMILES string of the molecule is COc1cccc([C@@]2(C)NC(=O)N(C[NH+]3CCc4sccc4[C@@H]3C3CC3)C2=O)c1. The maximum atomic E-state index is 13.4. The van der Waals surface area contributed by atoms with Gasteiger partial charge in [0.2, 0.25) is 0 Å². The van der Waals surface area contributed by atoms with E-state index in [-0.39, 0.29) is 11.9 Å². The van der Waals surface area contributed by atoms with E-state index in [0.717, 1.165) is 18.5 Å². The Kier molecular flexibility index (Phi) is 4.40. The molecule has 0 bridgehead atoms. The first-order valence-corrected chi connectivity index (χ1v) is 11.1. The molecule has 2 N–H and O–H groups in total. The Balaban J connectivity index is 1.40. The van der Waals surface area contributed by atoms with Gasteiger partial charge in [-0.1, -0.05) is 12.1 Å². The minimum atomic E-state index is -1.07. The summed E-state index contributed by atoms with van der Waals surface area (Å²) in [5.41, 5.74) is 1.11. The zero-order chi connectivity index (χ0) is 20.2. The molecule has 7 heteroatoms. The van der Waals surface area contributed by atoms with Crippen LogP contribution < -0.4 is 15.0 Å². The highest BCUT2D eigenvalue weighted by Crippen LogP contribution is 2.42. The van der Waals surface area contributed by atoms with E-state index in [1.165, 1.54) is 33.1 Å². The lowest BCUT2D eigenvalue weighted by atomic mass is 9.92. The largest absolute Gasteiger partial charge is 0.497 e. The van der Waals surface area contributed by atoms with Crippen LogP contribution in [0.2, 0.25) is 0 Å². The molecule has 0 spiro atoms. The first-order valence-electron chi connectivity index (χ1n) is 10.2. The summed E-state index contributed by atoms with van der Waals surface area (Å²) in [6.07, 6.45) is 3.50. The number of methoxy groups -OCH3 is 1. The lowest BCUT2D eigenvalue weighted by molar-refractivity contribution is -0.943. The second-order valence-electron chi connectivity index (χ2n) is 8.45. The molecule has 3 heterocycles. The molecule has 6 nitrogen and oxygen atoms in total. The Hall–Kier alpha value is -2.38. The Labute approximate surface area is 174 Å². The maximum absolute atomic E-state index is 13.4. The lowest BCUT2D eigenvalue weighted by Crippen LogP contribution is -3.15. The number of rotatable bonds is 5. The fraction of sp³-hybridized carbons (Fsp3) is 0.455. The third-order valence-corrected chi connectivity index (χ3v) is 7.60. The normalized spacial score (nSPS) is 29.0. The van der Waals surface area contributed by atoms with Crippen molar-refractivity contribution in [3.63, 3.8) is 0 Å². The van der Waals surface area contributed by atoms with E-state index >= 15 is 0 Å². The molecule has 3 amide bonds. The van der Waals surface area contributed by atoms with E-state index in [1.54, 1.807) is 14.0 Å². The first-order chi connectivity index (χ1) is 14.0. The summed E-state index contributed by atoms with van der Waals surface area (Å²) in [7, 11) is 1.60. The van der Waals surface area contributed by atoms with Crippen LogP contribution in [0.25, 0.3) is 0 Å². The van der Waals surface area contributed by atoms with Crippen LogP contribution in [0.4, 0.5) is 4.79 Å². The number of carbonyl (C=O) groups is 2. The summed E-state index contributed by atoms with van der Waals surface area (Å²) in [6, 6.07) is 9.70. The number of quaternary nitrogens is 1. The van der Waals surface area contributed by atoms with Gasteiger partial charge in [-0.15, -0.1) is 11.3 Å². The van der Waals surface area contributed by atoms with Crippen molar-refractivity contribution in [2.45, 2.75) is 37.8 Å². The lowest BCUT2D eigenvalue weighted by Gasteiger charge is -2.34. The number of urea groups is 1. The number of benzene rings is 1. The van der Waals surface area contributed by atoms with Gasteiger partial charge in [0.25, 0.3) is 5.91 Å². The van der Waals surface area contributed by atoms with Gasteiger partial charge >= 0.3 is 6.03 Å². The molecular formula is C22H26N3O3S+. The first kappa shape index (κ1) is 18.6. The molecule has 2 fully saturated rings. The molecule has 3 aliphatic rings. The minimum Gasteiger partial charge on any atom is -0.497 e. The number of ether oxygens (including phenoxy) is 1. The van der Waals surface area contributed by atoms with Gasteiger partial charge in [0.1, 0.15) is 17.3 Å². The minimum absolute atomic E-state index is 0.186. The van der Waals surface area contributed by atoms with Crippen molar-refractivity contribution in [1.29, 1.82) is 0 Å². The van der Waals surface area contributed by atoms with E-state index in [1.807, 2.05) is 35.6 Å². The van der Waals surface area contributed by atoms with Crippen molar-refractivity contribution in [3.8, 4) is 5.75 Å². The van der Waals surface area contributed by atoms with Crippen molar-refractivity contribution in [3.05, 3.63) is 51.7 Å². The van der Waals surface area contributed by atoms with Gasteiger partial charge in [0, 0.05) is 22.8 Å². The van der Waals surface area contributed by atoms with Crippen LogP contribution >= 0.6 is 11.3 Å². The van der Waals surface area contributed by atoms with Crippen LogP contribution in [-0.4, -0.2) is 37.2 Å². The molecule has 3 atom stereocenters. The van der Waals surface area contributed by atoms with E-state index in [9.17, 15) is 9.59 Å². The fourth-order valence-electron chi connectivity index (χ4n) is 4.85. The molecule has 0 radical (unpaired) electrons. The zero-order valence-corrected chi connectivity index (χ0v) is 17.6. The molecule has 1 saturated carbocycles. The summed E-state index contributed by atoms with van der Waals surface area (Å²) < 4.78 is 5.30. The number of nitrogens with one attached hydrogen (secondary N) is 2. The van der Waals surface area contributed by atoms with Crippen molar-refractivity contribution in [1.82, 2.24) is 10.2 Å². The van der Waals surface area contributed by atoms with Gasteiger partial charge in [-0.3, -0.25) is 4.79 Å². The molecule has 2 aromatic rings. The third-order valence-electron chi connectivity index (χ3n) is 6.60. The molecule has 1 unspecified atom stereocenters. The van der Waals surface area contributed by atoms with E-state index in [2.05, 4.69) is 16.8 Å². The topological polar surface area (TPSA) is 63.1 Å². The third kappa shape index (κ3) is 3.04. The second-order valence-corrected chi connectivity index (χ2v) is 9.45. The quantitative estimate of drug-likeness (QED) is 0.739. The number of thiophene rings is 1. The highest BCUT2D eigenvalue weighted by Gasteiger charge is 2.52. The summed E-state index contributed by atoms with van der Waals surface area (Å²) >= 11 is 1.84. The Morgan fingerprint density at radius 1 is 1.31 bits per heavy atom. The zero-order valence-electron chi connectivity index (χ0n) is 16.7. The predicted molar refractivity (Wildman–Crippen MR) is 110 cm³/mol. The van der Waals surface area contributed by atoms with Gasteiger partial charge in [-0.25, -0.2) is 9.69 Å². The van der Waals surface area contributed by atoms with Gasteiger partial charge in [0.15, 0.2) is 6.67 Å². The Morgan fingerprint density at radius 3 is 2.90 bits per heavy atom. The standard InChI is InChI=1S/C22H25N3O3S/c1-22(15-4-3-5-16(12-15)28-2)20(26)25(21(27)23-22)13-24-10-8-18-17(9-11-29-18)19(24)14-6-7-14/h3-5,9,11-12,14,19H,6-8,10,13H2,1-2H3,(H,23,27)/p+1/t19-,22+/m0/s1. The number of fused-ring (bicyclic) bond motifs is 1. The van der Waals surface area contributed by atoms with Crippen LogP contribution in [0, 0.1) is 5.92 Å². The van der Waals surface area contributed by atoms with Gasteiger partial charge in [-0.05, 0) is 48.9 Å². The van der Waals surface area contributed by atoms with Crippen molar-refractivity contribution in [2.24, 2.45) is 5.92 Å². The maximum Gasteiger partial charge on any atom is 0.329 e. The molecule has 5 rings (SSSR count). The molecular weight excluding hydrogens is 386 g/mol. The van der Waals surface area contributed by atoms with Crippen molar-refractivity contribution >= 4 is 23.3 Å².